The van der Waals surface area contributed by atoms with Gasteiger partial charge in [0.05, 0.1) is 5.69 Å². The van der Waals surface area contributed by atoms with Gasteiger partial charge in [-0.15, -0.1) is 0 Å². The Morgan fingerprint density at radius 2 is 1.76 bits per heavy atom. The first-order valence-electron chi connectivity index (χ1n) is 6.66. The highest BCUT2D eigenvalue weighted by Gasteiger charge is 2.07. The molecule has 1 aromatic heterocycles. The van der Waals surface area contributed by atoms with Crippen molar-refractivity contribution in [3.63, 3.8) is 0 Å². The van der Waals surface area contributed by atoms with Gasteiger partial charge < -0.3 is 5.32 Å². The number of rotatable bonds is 3. The topological polar surface area (TPSA) is 24.9 Å². The van der Waals surface area contributed by atoms with Crippen LogP contribution in [0.5, 0.6) is 0 Å². The molecule has 0 fully saturated rings. The van der Waals surface area contributed by atoms with Crippen LogP contribution in [0.3, 0.4) is 0 Å². The quantitative estimate of drug-likeness (QED) is 0.606. The first-order chi connectivity index (χ1) is 10.1. The first-order valence-corrected chi connectivity index (χ1v) is 8.25. The number of hydrogen-bond donors (Lipinski definition) is 1. The Balaban J connectivity index is 1.91. The van der Waals surface area contributed by atoms with Crippen LogP contribution in [0.1, 0.15) is 11.1 Å². The van der Waals surface area contributed by atoms with E-state index in [2.05, 4.69) is 79.4 Å². The maximum atomic E-state index is 4.32. The second-order valence-electron chi connectivity index (χ2n) is 4.98. The zero-order chi connectivity index (χ0) is 14.8. The van der Waals surface area contributed by atoms with Crippen LogP contribution >= 0.6 is 31.9 Å². The van der Waals surface area contributed by atoms with E-state index in [9.17, 15) is 0 Å². The van der Waals surface area contributed by atoms with Gasteiger partial charge in [0.2, 0.25) is 0 Å². The summed E-state index contributed by atoms with van der Waals surface area (Å²) in [7, 11) is 0. The number of aromatic nitrogens is 1. The molecule has 0 aliphatic rings. The van der Waals surface area contributed by atoms with Crippen molar-refractivity contribution in [3.05, 3.63) is 68.9 Å². The van der Waals surface area contributed by atoms with Gasteiger partial charge in [-0.05, 0) is 67.4 Å². The fourth-order valence-corrected chi connectivity index (χ4v) is 4.07. The zero-order valence-corrected chi connectivity index (χ0v) is 14.7. The molecule has 1 N–H and O–H groups in total. The summed E-state index contributed by atoms with van der Waals surface area (Å²) >= 11 is 7.23. The Bertz CT molecular complexity index is 771. The van der Waals surface area contributed by atoms with Crippen LogP contribution in [-0.2, 0) is 6.54 Å². The lowest BCUT2D eigenvalue weighted by molar-refractivity contribution is 1.13. The maximum absolute atomic E-state index is 4.32. The van der Waals surface area contributed by atoms with Crippen molar-refractivity contribution >= 4 is 48.3 Å². The number of nitrogens with zero attached hydrogens (tertiary/aromatic N) is 1. The van der Waals surface area contributed by atoms with Crippen LogP contribution in [0.4, 0.5) is 5.69 Å². The molecule has 0 bridgehead atoms. The van der Waals surface area contributed by atoms with Crippen LogP contribution in [0.25, 0.3) is 10.8 Å². The van der Waals surface area contributed by atoms with Gasteiger partial charge >= 0.3 is 0 Å². The van der Waals surface area contributed by atoms with Gasteiger partial charge in [0.15, 0.2) is 0 Å². The van der Waals surface area contributed by atoms with Crippen LogP contribution in [-0.4, -0.2) is 4.98 Å². The minimum absolute atomic E-state index is 0.731. The third kappa shape index (κ3) is 3.11. The lowest BCUT2D eigenvalue weighted by Gasteiger charge is -2.13. The van der Waals surface area contributed by atoms with Crippen molar-refractivity contribution in [3.8, 4) is 0 Å². The zero-order valence-electron chi connectivity index (χ0n) is 11.5. The van der Waals surface area contributed by atoms with E-state index in [-0.39, 0.29) is 0 Å². The second-order valence-corrected chi connectivity index (χ2v) is 6.69. The standard InChI is InChI=1S/C17H14Br2N2/c1-11-6-15(18)17(16(19)7-11)21-10-13-9-20-8-12-4-2-3-5-14(12)13/h2-9,21H,10H2,1H3. The van der Waals surface area contributed by atoms with Gasteiger partial charge in [-0.3, -0.25) is 4.98 Å². The second kappa shape index (κ2) is 6.16. The summed E-state index contributed by atoms with van der Waals surface area (Å²) in [4.78, 5) is 4.32. The molecular weight excluding hydrogens is 392 g/mol. The molecule has 0 unspecified atom stereocenters. The van der Waals surface area contributed by atoms with E-state index in [4.69, 9.17) is 0 Å². The van der Waals surface area contributed by atoms with E-state index in [1.54, 1.807) is 0 Å². The minimum atomic E-state index is 0.731. The van der Waals surface area contributed by atoms with Gasteiger partial charge in [-0.2, -0.15) is 0 Å². The van der Waals surface area contributed by atoms with E-state index in [1.807, 2.05) is 18.5 Å². The van der Waals surface area contributed by atoms with Crippen molar-refractivity contribution in [1.82, 2.24) is 4.98 Å². The van der Waals surface area contributed by atoms with Crippen LogP contribution < -0.4 is 5.32 Å². The normalized spacial score (nSPS) is 10.8. The van der Waals surface area contributed by atoms with Crippen LogP contribution in [0.15, 0.2) is 57.7 Å². The summed E-state index contributed by atoms with van der Waals surface area (Å²) in [5.74, 6) is 0. The average Bonchev–Trinajstić information content (AvgIpc) is 2.46. The third-order valence-electron chi connectivity index (χ3n) is 3.39. The largest absolute Gasteiger partial charge is 0.379 e. The number of hydrogen-bond acceptors (Lipinski definition) is 2. The maximum Gasteiger partial charge on any atom is 0.0631 e. The molecule has 0 spiro atoms. The van der Waals surface area contributed by atoms with E-state index in [0.29, 0.717) is 0 Å². The van der Waals surface area contributed by atoms with Crippen molar-refractivity contribution in [2.24, 2.45) is 0 Å². The Kier molecular flexibility index (Phi) is 4.27. The molecule has 2 nitrogen and oxygen atoms in total. The molecule has 0 amide bonds. The van der Waals surface area contributed by atoms with Crippen molar-refractivity contribution < 1.29 is 0 Å². The van der Waals surface area contributed by atoms with E-state index in [0.717, 1.165) is 21.2 Å². The molecule has 0 aliphatic heterocycles. The first kappa shape index (κ1) is 14.5. The minimum Gasteiger partial charge on any atom is -0.379 e. The van der Waals surface area contributed by atoms with E-state index < -0.39 is 0 Å². The van der Waals surface area contributed by atoms with Crippen LogP contribution in [0.2, 0.25) is 0 Å². The summed E-state index contributed by atoms with van der Waals surface area (Å²) in [5, 5.41) is 5.88. The molecule has 3 aromatic rings. The Hall–Kier alpha value is -1.39. The Labute approximate surface area is 140 Å². The molecule has 1 heterocycles. The predicted molar refractivity (Wildman–Crippen MR) is 95.6 cm³/mol. The van der Waals surface area contributed by atoms with Gasteiger partial charge in [0.1, 0.15) is 0 Å². The lowest BCUT2D eigenvalue weighted by atomic mass is 10.1. The van der Waals surface area contributed by atoms with E-state index >= 15 is 0 Å². The highest BCUT2D eigenvalue weighted by molar-refractivity contribution is 9.11. The smallest absolute Gasteiger partial charge is 0.0631 e. The third-order valence-corrected chi connectivity index (χ3v) is 4.64. The lowest BCUT2D eigenvalue weighted by Crippen LogP contribution is -2.02. The van der Waals surface area contributed by atoms with Crippen LogP contribution in [0, 0.1) is 6.92 Å². The number of pyridine rings is 1. The molecule has 0 saturated heterocycles. The Morgan fingerprint density at radius 1 is 1.05 bits per heavy atom. The number of fused-ring (bicyclic) bond motifs is 1. The molecule has 0 atom stereocenters. The molecule has 21 heavy (non-hydrogen) atoms. The van der Waals surface area contributed by atoms with Gasteiger partial charge in [0, 0.05) is 33.3 Å². The molecule has 3 rings (SSSR count). The molecule has 0 aliphatic carbocycles. The summed E-state index contributed by atoms with van der Waals surface area (Å²) in [5.41, 5.74) is 3.46. The molecular formula is C17H14Br2N2. The van der Waals surface area contributed by atoms with Crippen molar-refractivity contribution in [2.45, 2.75) is 13.5 Å². The average molecular weight is 406 g/mol. The molecule has 106 valence electrons. The number of aryl methyl sites for hydroxylation is 1. The monoisotopic (exact) mass is 404 g/mol. The number of anilines is 1. The summed E-state index contributed by atoms with van der Waals surface area (Å²) in [6, 6.07) is 12.5. The number of nitrogens with one attached hydrogen (secondary N) is 1. The number of halogens is 2. The van der Waals surface area contributed by atoms with Gasteiger partial charge in [-0.1, -0.05) is 24.3 Å². The number of benzene rings is 2. The van der Waals surface area contributed by atoms with Gasteiger partial charge in [-0.25, -0.2) is 0 Å². The highest BCUT2D eigenvalue weighted by atomic mass is 79.9. The highest BCUT2D eigenvalue weighted by Crippen LogP contribution is 2.33. The molecule has 0 radical (unpaired) electrons. The molecule has 2 aromatic carbocycles. The Morgan fingerprint density at radius 3 is 2.52 bits per heavy atom. The SMILES string of the molecule is Cc1cc(Br)c(NCc2cncc3ccccc23)c(Br)c1. The predicted octanol–water partition coefficient (Wildman–Crippen LogP) is 5.68. The molecule has 0 saturated carbocycles. The fourth-order valence-electron chi connectivity index (χ4n) is 2.37. The summed E-state index contributed by atoms with van der Waals surface area (Å²) in [6.07, 6.45) is 3.82. The van der Waals surface area contributed by atoms with Gasteiger partial charge in [0.25, 0.3) is 0 Å². The summed E-state index contributed by atoms with van der Waals surface area (Å²) < 4.78 is 2.12. The fraction of sp³-hybridized carbons (Fsp3) is 0.118. The van der Waals surface area contributed by atoms with Crippen molar-refractivity contribution in [1.29, 1.82) is 0 Å². The molecule has 4 heteroatoms. The summed E-state index contributed by atoms with van der Waals surface area (Å²) in [6.45, 7) is 2.81. The van der Waals surface area contributed by atoms with E-state index in [1.165, 1.54) is 21.9 Å². The van der Waals surface area contributed by atoms with Crippen molar-refractivity contribution in [2.75, 3.05) is 5.32 Å².